The number of nitrogens with one attached hydrogen (secondary N) is 1. The fraction of sp³-hybridized carbons (Fsp3) is 0.667. The van der Waals surface area contributed by atoms with Crippen molar-refractivity contribution in [1.82, 2.24) is 15.1 Å². The van der Waals surface area contributed by atoms with Gasteiger partial charge < -0.3 is 15.5 Å². The van der Waals surface area contributed by atoms with E-state index < -0.39 is 0 Å². The third-order valence-electron chi connectivity index (χ3n) is 2.26. The molecule has 0 aliphatic carbocycles. The Morgan fingerprint density at radius 3 is 2.47 bits per heavy atom. The first-order chi connectivity index (χ1) is 7.10. The van der Waals surface area contributed by atoms with Gasteiger partial charge in [-0.25, -0.2) is 0 Å². The molecular weight excluding hydrogens is 262 g/mol. The summed E-state index contributed by atoms with van der Waals surface area (Å²) in [5, 5.41) is 25.1. The van der Waals surface area contributed by atoms with Crippen LogP contribution in [0.15, 0.2) is 4.47 Å². The highest BCUT2D eigenvalue weighted by atomic mass is 79.9. The average molecular weight is 278 g/mol. The Hall–Kier alpha value is -0.430. The van der Waals surface area contributed by atoms with Gasteiger partial charge in [0, 0.05) is 13.6 Å². The molecule has 1 aromatic rings. The molecule has 3 N–H and O–H groups in total. The molecule has 5 nitrogen and oxygen atoms in total. The number of nitrogens with zero attached hydrogens (tertiary/aromatic N) is 2. The van der Waals surface area contributed by atoms with Crippen LogP contribution in [0, 0.1) is 6.92 Å². The summed E-state index contributed by atoms with van der Waals surface area (Å²) in [5.74, 6) is 0. The molecule has 0 amide bonds. The van der Waals surface area contributed by atoms with E-state index in [1.807, 2.05) is 14.0 Å². The third kappa shape index (κ3) is 3.01. The van der Waals surface area contributed by atoms with Gasteiger partial charge in [-0.3, -0.25) is 4.68 Å². The number of rotatable bonds is 5. The zero-order valence-corrected chi connectivity index (χ0v) is 10.5. The molecular formula is C9H16BrN3O2. The summed E-state index contributed by atoms with van der Waals surface area (Å²) in [6, 6.07) is -0.285. The fourth-order valence-electron chi connectivity index (χ4n) is 1.30. The van der Waals surface area contributed by atoms with Gasteiger partial charge in [0.1, 0.15) is 0 Å². The van der Waals surface area contributed by atoms with E-state index in [9.17, 15) is 0 Å². The van der Waals surface area contributed by atoms with Crippen molar-refractivity contribution in [2.45, 2.75) is 19.5 Å². The van der Waals surface area contributed by atoms with E-state index in [1.165, 1.54) is 0 Å². The lowest BCUT2D eigenvalue weighted by Gasteiger charge is -2.13. The topological polar surface area (TPSA) is 70.3 Å². The maximum atomic E-state index is 8.89. The summed E-state index contributed by atoms with van der Waals surface area (Å²) in [7, 11) is 1.86. The molecule has 0 fully saturated rings. The lowest BCUT2D eigenvalue weighted by molar-refractivity contribution is 0.169. The Balaban J connectivity index is 2.64. The predicted octanol–water partition coefficient (Wildman–Crippen LogP) is -0.0662. The van der Waals surface area contributed by atoms with Gasteiger partial charge in [-0.15, -0.1) is 0 Å². The van der Waals surface area contributed by atoms with Crippen molar-refractivity contribution < 1.29 is 10.2 Å². The second-order valence-electron chi connectivity index (χ2n) is 3.41. The van der Waals surface area contributed by atoms with Crippen molar-refractivity contribution in [2.75, 3.05) is 13.2 Å². The summed E-state index contributed by atoms with van der Waals surface area (Å²) < 4.78 is 2.74. The van der Waals surface area contributed by atoms with E-state index in [1.54, 1.807) is 4.68 Å². The monoisotopic (exact) mass is 277 g/mol. The SMILES string of the molecule is Cc1nn(C)c(CNC(CO)CO)c1Br. The molecule has 0 bridgehead atoms. The summed E-state index contributed by atoms with van der Waals surface area (Å²) in [4.78, 5) is 0. The van der Waals surface area contributed by atoms with E-state index in [2.05, 4.69) is 26.3 Å². The van der Waals surface area contributed by atoms with Gasteiger partial charge in [-0.05, 0) is 22.9 Å². The van der Waals surface area contributed by atoms with Crippen molar-refractivity contribution in [3.63, 3.8) is 0 Å². The molecule has 1 rings (SSSR count). The molecule has 86 valence electrons. The quantitative estimate of drug-likeness (QED) is 0.705. The minimum atomic E-state index is -0.285. The Bertz CT molecular complexity index is 323. The van der Waals surface area contributed by atoms with Crippen LogP contribution in [0.25, 0.3) is 0 Å². The van der Waals surface area contributed by atoms with Gasteiger partial charge in [0.25, 0.3) is 0 Å². The van der Waals surface area contributed by atoms with Gasteiger partial charge in [0.2, 0.25) is 0 Å². The van der Waals surface area contributed by atoms with Crippen molar-refractivity contribution in [2.24, 2.45) is 7.05 Å². The first-order valence-corrected chi connectivity index (χ1v) is 5.52. The molecule has 6 heteroatoms. The number of halogens is 1. The highest BCUT2D eigenvalue weighted by Crippen LogP contribution is 2.19. The molecule has 0 radical (unpaired) electrons. The molecule has 1 aromatic heterocycles. The lowest BCUT2D eigenvalue weighted by Crippen LogP contribution is -2.35. The molecule has 0 unspecified atom stereocenters. The van der Waals surface area contributed by atoms with Gasteiger partial charge in [0.05, 0.1) is 35.1 Å². The number of aryl methyl sites for hydroxylation is 2. The number of hydrogen-bond acceptors (Lipinski definition) is 4. The first kappa shape index (κ1) is 12.6. The highest BCUT2D eigenvalue weighted by molar-refractivity contribution is 9.10. The second kappa shape index (κ2) is 5.60. The van der Waals surface area contributed by atoms with Crippen LogP contribution in [0.3, 0.4) is 0 Å². The maximum absolute atomic E-state index is 8.89. The van der Waals surface area contributed by atoms with E-state index in [0.29, 0.717) is 6.54 Å². The van der Waals surface area contributed by atoms with Crippen molar-refractivity contribution >= 4 is 15.9 Å². The summed E-state index contributed by atoms with van der Waals surface area (Å²) in [5.41, 5.74) is 1.93. The lowest BCUT2D eigenvalue weighted by atomic mass is 10.3. The average Bonchev–Trinajstić information content (AvgIpc) is 2.45. The van der Waals surface area contributed by atoms with Crippen LogP contribution in [0.4, 0.5) is 0 Å². The molecule has 1 heterocycles. The minimum absolute atomic E-state index is 0.0784. The van der Waals surface area contributed by atoms with Crippen molar-refractivity contribution in [3.8, 4) is 0 Å². The smallest absolute Gasteiger partial charge is 0.0739 e. The molecule has 0 atom stereocenters. The number of aliphatic hydroxyl groups excluding tert-OH is 2. The van der Waals surface area contributed by atoms with Crippen molar-refractivity contribution in [1.29, 1.82) is 0 Å². The van der Waals surface area contributed by atoms with Crippen LogP contribution in [0.1, 0.15) is 11.4 Å². The molecule has 0 saturated carbocycles. The van der Waals surface area contributed by atoms with E-state index in [0.717, 1.165) is 15.9 Å². The van der Waals surface area contributed by atoms with Crippen molar-refractivity contribution in [3.05, 3.63) is 15.9 Å². The standard InChI is InChI=1S/C9H16BrN3O2/c1-6-9(10)8(13(2)12-6)3-11-7(4-14)5-15/h7,11,14-15H,3-5H2,1-2H3. The molecule has 0 aromatic carbocycles. The van der Waals surface area contributed by atoms with Crippen LogP contribution in [-0.4, -0.2) is 39.2 Å². The number of aromatic nitrogens is 2. The summed E-state index contributed by atoms with van der Waals surface area (Å²) >= 11 is 3.45. The van der Waals surface area contributed by atoms with Gasteiger partial charge >= 0.3 is 0 Å². The van der Waals surface area contributed by atoms with E-state index in [-0.39, 0.29) is 19.3 Å². The molecule has 0 saturated heterocycles. The normalized spacial score (nSPS) is 11.3. The van der Waals surface area contributed by atoms with Crippen LogP contribution < -0.4 is 5.32 Å². The van der Waals surface area contributed by atoms with Gasteiger partial charge in [0.15, 0.2) is 0 Å². The Morgan fingerprint density at radius 1 is 1.47 bits per heavy atom. The zero-order valence-electron chi connectivity index (χ0n) is 8.87. The predicted molar refractivity (Wildman–Crippen MR) is 60.4 cm³/mol. The number of hydrogen-bond donors (Lipinski definition) is 3. The van der Waals surface area contributed by atoms with Crippen LogP contribution in [0.5, 0.6) is 0 Å². The molecule has 15 heavy (non-hydrogen) atoms. The van der Waals surface area contributed by atoms with Crippen LogP contribution >= 0.6 is 15.9 Å². The Labute approximate surface area is 97.2 Å². The Kier molecular flexibility index (Phi) is 4.72. The minimum Gasteiger partial charge on any atom is -0.395 e. The molecule has 0 spiro atoms. The Morgan fingerprint density at radius 2 is 2.07 bits per heavy atom. The van der Waals surface area contributed by atoms with E-state index >= 15 is 0 Å². The zero-order chi connectivity index (χ0) is 11.4. The maximum Gasteiger partial charge on any atom is 0.0739 e. The number of aliphatic hydroxyl groups is 2. The van der Waals surface area contributed by atoms with E-state index in [4.69, 9.17) is 10.2 Å². The van der Waals surface area contributed by atoms with Gasteiger partial charge in [-0.1, -0.05) is 0 Å². The largest absolute Gasteiger partial charge is 0.395 e. The van der Waals surface area contributed by atoms with Crippen LogP contribution in [0.2, 0.25) is 0 Å². The molecule has 0 aliphatic heterocycles. The summed E-state index contributed by atoms with van der Waals surface area (Å²) in [6.07, 6.45) is 0. The molecule has 0 aliphatic rings. The highest BCUT2D eigenvalue weighted by Gasteiger charge is 2.12. The van der Waals surface area contributed by atoms with Crippen LogP contribution in [-0.2, 0) is 13.6 Å². The fourth-order valence-corrected chi connectivity index (χ4v) is 1.78. The first-order valence-electron chi connectivity index (χ1n) is 4.73. The second-order valence-corrected chi connectivity index (χ2v) is 4.21. The van der Waals surface area contributed by atoms with Gasteiger partial charge in [-0.2, -0.15) is 5.10 Å². The third-order valence-corrected chi connectivity index (χ3v) is 3.29. The summed E-state index contributed by atoms with van der Waals surface area (Å²) in [6.45, 7) is 2.32.